The molecule has 1 N–H and O–H groups in total. The summed E-state index contributed by atoms with van der Waals surface area (Å²) >= 11 is 5.92. The van der Waals surface area contributed by atoms with Gasteiger partial charge in [-0.2, -0.15) is 5.26 Å². The lowest BCUT2D eigenvalue weighted by Gasteiger charge is -2.09. The number of anilines is 2. The fourth-order valence-corrected chi connectivity index (χ4v) is 1.78. The molecule has 0 saturated carbocycles. The first-order chi connectivity index (χ1) is 9.13. The normalized spacial score (nSPS) is 9.79. The Kier molecular flexibility index (Phi) is 3.88. The Morgan fingerprint density at radius 2 is 1.89 bits per heavy atom. The molecule has 5 heteroatoms. The summed E-state index contributed by atoms with van der Waals surface area (Å²) in [5, 5.41) is 12.2. The van der Waals surface area contributed by atoms with Crippen molar-refractivity contribution in [3.63, 3.8) is 0 Å². The third kappa shape index (κ3) is 2.95. The van der Waals surface area contributed by atoms with Crippen LogP contribution in [0.15, 0.2) is 36.4 Å². The van der Waals surface area contributed by atoms with Gasteiger partial charge in [-0.1, -0.05) is 11.6 Å². The van der Waals surface area contributed by atoms with Gasteiger partial charge in [0.05, 0.1) is 17.7 Å². The van der Waals surface area contributed by atoms with Crippen LogP contribution in [-0.2, 0) is 0 Å². The van der Waals surface area contributed by atoms with Crippen molar-refractivity contribution in [2.24, 2.45) is 0 Å². The highest BCUT2D eigenvalue weighted by atomic mass is 35.5. The van der Waals surface area contributed by atoms with Crippen molar-refractivity contribution < 1.29 is 9.13 Å². The van der Waals surface area contributed by atoms with E-state index < -0.39 is 5.82 Å². The van der Waals surface area contributed by atoms with Gasteiger partial charge in [0.25, 0.3) is 0 Å². The molecule has 0 aliphatic carbocycles. The maximum atomic E-state index is 13.5. The molecule has 19 heavy (non-hydrogen) atoms. The van der Waals surface area contributed by atoms with E-state index in [0.29, 0.717) is 22.1 Å². The molecular weight excluding hydrogens is 267 g/mol. The van der Waals surface area contributed by atoms with Gasteiger partial charge in [-0.05, 0) is 30.3 Å². The van der Waals surface area contributed by atoms with Gasteiger partial charge in [-0.3, -0.25) is 0 Å². The molecule has 2 rings (SSSR count). The van der Waals surface area contributed by atoms with Gasteiger partial charge in [0.15, 0.2) is 0 Å². The number of nitrogens with one attached hydrogen (secondary N) is 1. The quantitative estimate of drug-likeness (QED) is 0.918. The first-order valence-corrected chi connectivity index (χ1v) is 5.82. The predicted molar refractivity (Wildman–Crippen MR) is 72.4 cm³/mol. The Bertz CT molecular complexity index is 643. The molecule has 0 saturated heterocycles. The first-order valence-electron chi connectivity index (χ1n) is 5.44. The highest BCUT2D eigenvalue weighted by molar-refractivity contribution is 6.32. The van der Waals surface area contributed by atoms with Gasteiger partial charge in [0, 0.05) is 17.4 Å². The molecule has 0 fully saturated rings. The Balaban J connectivity index is 2.26. The molecule has 0 unspecified atom stereocenters. The topological polar surface area (TPSA) is 45.0 Å². The molecule has 0 amide bonds. The SMILES string of the molecule is COc1cc(Nc2ccc(C#N)c(F)c2)ccc1Cl. The van der Waals surface area contributed by atoms with Crippen molar-refractivity contribution in [3.05, 3.63) is 52.8 Å². The van der Waals surface area contributed by atoms with Crippen LogP contribution in [-0.4, -0.2) is 7.11 Å². The number of ether oxygens (including phenoxy) is 1. The Hall–Kier alpha value is -2.25. The second-order valence-corrected chi connectivity index (χ2v) is 4.19. The van der Waals surface area contributed by atoms with Gasteiger partial charge >= 0.3 is 0 Å². The minimum absolute atomic E-state index is 0.0132. The number of nitrogens with zero attached hydrogens (tertiary/aromatic N) is 1. The molecule has 3 nitrogen and oxygen atoms in total. The molecule has 0 spiro atoms. The minimum atomic E-state index is -0.562. The van der Waals surface area contributed by atoms with E-state index in [1.807, 2.05) is 0 Å². The van der Waals surface area contributed by atoms with Crippen molar-refractivity contribution in [2.75, 3.05) is 12.4 Å². The standard InChI is InChI=1S/C14H10ClFN2O/c1-19-14-7-11(4-5-12(14)15)18-10-3-2-9(8-17)13(16)6-10/h2-7,18H,1H3. The van der Waals surface area contributed by atoms with E-state index in [1.165, 1.54) is 19.2 Å². The smallest absolute Gasteiger partial charge is 0.143 e. The van der Waals surface area contributed by atoms with E-state index in [0.717, 1.165) is 0 Å². The largest absolute Gasteiger partial charge is 0.495 e. The predicted octanol–water partition coefficient (Wildman–Crippen LogP) is 4.10. The monoisotopic (exact) mass is 276 g/mol. The maximum Gasteiger partial charge on any atom is 0.143 e. The van der Waals surface area contributed by atoms with Gasteiger partial charge in [-0.15, -0.1) is 0 Å². The molecule has 0 aliphatic heterocycles. The van der Waals surface area contributed by atoms with E-state index in [4.69, 9.17) is 21.6 Å². The van der Waals surface area contributed by atoms with Crippen molar-refractivity contribution in [2.45, 2.75) is 0 Å². The Labute approximate surface area is 115 Å². The highest BCUT2D eigenvalue weighted by Gasteiger charge is 2.05. The fraction of sp³-hybridized carbons (Fsp3) is 0.0714. The molecule has 0 radical (unpaired) electrons. The number of nitriles is 1. The Morgan fingerprint density at radius 3 is 2.53 bits per heavy atom. The lowest BCUT2D eigenvalue weighted by molar-refractivity contribution is 0.415. The molecule has 0 atom stereocenters. The molecule has 0 aliphatic rings. The lowest BCUT2D eigenvalue weighted by atomic mass is 10.2. The van der Waals surface area contributed by atoms with Crippen LogP contribution < -0.4 is 10.1 Å². The van der Waals surface area contributed by atoms with Gasteiger partial charge in [0.2, 0.25) is 0 Å². The zero-order chi connectivity index (χ0) is 13.8. The molecular formula is C14H10ClFN2O. The van der Waals surface area contributed by atoms with Crippen molar-refractivity contribution in [1.82, 2.24) is 0 Å². The summed E-state index contributed by atoms with van der Waals surface area (Å²) in [4.78, 5) is 0. The van der Waals surface area contributed by atoms with Crippen molar-refractivity contribution >= 4 is 23.0 Å². The van der Waals surface area contributed by atoms with E-state index in [1.54, 1.807) is 30.3 Å². The fourth-order valence-electron chi connectivity index (χ4n) is 1.59. The average molecular weight is 277 g/mol. The van der Waals surface area contributed by atoms with Crippen LogP contribution in [0.1, 0.15) is 5.56 Å². The van der Waals surface area contributed by atoms with Crippen LogP contribution >= 0.6 is 11.6 Å². The summed E-state index contributed by atoms with van der Waals surface area (Å²) in [6.45, 7) is 0. The molecule has 2 aromatic rings. The number of rotatable bonds is 3. The highest BCUT2D eigenvalue weighted by Crippen LogP contribution is 2.29. The van der Waals surface area contributed by atoms with Crippen LogP contribution in [0.25, 0.3) is 0 Å². The summed E-state index contributed by atoms with van der Waals surface area (Å²) < 4.78 is 18.5. The van der Waals surface area contributed by atoms with E-state index >= 15 is 0 Å². The first kappa shape index (κ1) is 13.2. The van der Waals surface area contributed by atoms with Crippen LogP contribution in [0.5, 0.6) is 5.75 Å². The number of benzene rings is 2. The second-order valence-electron chi connectivity index (χ2n) is 3.78. The Morgan fingerprint density at radius 1 is 1.21 bits per heavy atom. The van der Waals surface area contributed by atoms with Gasteiger partial charge in [0.1, 0.15) is 17.6 Å². The van der Waals surface area contributed by atoms with E-state index in [9.17, 15) is 4.39 Å². The summed E-state index contributed by atoms with van der Waals surface area (Å²) in [5.41, 5.74) is 1.27. The summed E-state index contributed by atoms with van der Waals surface area (Å²) in [7, 11) is 1.52. The van der Waals surface area contributed by atoms with E-state index in [-0.39, 0.29) is 5.56 Å². The van der Waals surface area contributed by atoms with Gasteiger partial charge in [-0.25, -0.2) is 4.39 Å². The molecule has 0 heterocycles. The summed E-state index contributed by atoms with van der Waals surface area (Å²) in [6.07, 6.45) is 0. The molecule has 0 aromatic heterocycles. The maximum absolute atomic E-state index is 13.5. The number of halogens is 2. The summed E-state index contributed by atoms with van der Waals surface area (Å²) in [6, 6.07) is 11.2. The van der Waals surface area contributed by atoms with Crippen LogP contribution in [0.3, 0.4) is 0 Å². The zero-order valence-corrected chi connectivity index (χ0v) is 10.8. The zero-order valence-electron chi connectivity index (χ0n) is 10.1. The van der Waals surface area contributed by atoms with Crippen LogP contribution in [0, 0.1) is 17.1 Å². The third-order valence-electron chi connectivity index (χ3n) is 2.53. The second kappa shape index (κ2) is 5.59. The summed E-state index contributed by atoms with van der Waals surface area (Å²) in [5.74, 6) is -0.0331. The van der Waals surface area contributed by atoms with Gasteiger partial charge < -0.3 is 10.1 Å². The van der Waals surface area contributed by atoms with Crippen molar-refractivity contribution in [1.29, 1.82) is 5.26 Å². The molecule has 96 valence electrons. The molecule has 0 bridgehead atoms. The number of hydrogen-bond acceptors (Lipinski definition) is 3. The van der Waals surface area contributed by atoms with Crippen LogP contribution in [0.4, 0.5) is 15.8 Å². The van der Waals surface area contributed by atoms with Crippen molar-refractivity contribution in [3.8, 4) is 11.8 Å². The number of methoxy groups -OCH3 is 1. The minimum Gasteiger partial charge on any atom is -0.495 e. The van der Waals surface area contributed by atoms with Crippen LogP contribution in [0.2, 0.25) is 5.02 Å². The lowest BCUT2D eigenvalue weighted by Crippen LogP contribution is -1.94. The molecule has 2 aromatic carbocycles. The third-order valence-corrected chi connectivity index (χ3v) is 2.84. The number of hydrogen-bond donors (Lipinski definition) is 1. The van der Waals surface area contributed by atoms with E-state index in [2.05, 4.69) is 5.32 Å². The average Bonchev–Trinajstić information content (AvgIpc) is 2.41.